The molecule has 2 nitrogen and oxygen atoms in total. The summed E-state index contributed by atoms with van der Waals surface area (Å²) in [6, 6.07) is 10.3. The highest BCUT2D eigenvalue weighted by atomic mass is 79.9. The molecular weight excluding hydrogens is 276 g/mol. The van der Waals surface area contributed by atoms with Crippen LogP contribution in [0.2, 0.25) is 0 Å². The number of para-hydroxylation sites is 1. The number of nitriles is 1. The second-order valence-corrected chi connectivity index (χ2v) is 5.84. The number of anilines is 1. The number of rotatable bonds is 5. The summed E-state index contributed by atoms with van der Waals surface area (Å²) in [5.41, 5.74) is 0.467. The highest BCUT2D eigenvalue weighted by Crippen LogP contribution is 2.27. The van der Waals surface area contributed by atoms with E-state index in [1.54, 1.807) is 0 Å². The van der Waals surface area contributed by atoms with Crippen molar-refractivity contribution in [2.75, 3.05) is 5.32 Å². The lowest BCUT2D eigenvalue weighted by Gasteiger charge is -2.26. The Morgan fingerprint density at radius 3 is 2.59 bits per heavy atom. The van der Waals surface area contributed by atoms with Crippen LogP contribution >= 0.6 is 15.9 Å². The van der Waals surface area contributed by atoms with Crippen molar-refractivity contribution in [2.24, 2.45) is 5.92 Å². The van der Waals surface area contributed by atoms with Gasteiger partial charge < -0.3 is 5.32 Å². The minimum absolute atomic E-state index is 0.506. The quantitative estimate of drug-likeness (QED) is 0.863. The SMILES string of the molecule is CC(C)CCC(C)(C#N)Nc1ccccc1Br. The molecule has 0 amide bonds. The maximum Gasteiger partial charge on any atom is 0.122 e. The summed E-state index contributed by atoms with van der Waals surface area (Å²) < 4.78 is 0.992. The van der Waals surface area contributed by atoms with Gasteiger partial charge in [-0.3, -0.25) is 0 Å². The number of halogens is 1. The van der Waals surface area contributed by atoms with E-state index in [4.69, 9.17) is 0 Å². The maximum absolute atomic E-state index is 9.32. The topological polar surface area (TPSA) is 35.8 Å². The van der Waals surface area contributed by atoms with E-state index in [2.05, 4.69) is 41.2 Å². The van der Waals surface area contributed by atoms with E-state index in [1.165, 1.54) is 0 Å². The lowest BCUT2D eigenvalue weighted by atomic mass is 9.93. The number of benzene rings is 1. The summed E-state index contributed by atoms with van der Waals surface area (Å²) in [6.45, 7) is 6.31. The van der Waals surface area contributed by atoms with E-state index in [0.717, 1.165) is 23.0 Å². The van der Waals surface area contributed by atoms with Gasteiger partial charge in [0.25, 0.3) is 0 Å². The van der Waals surface area contributed by atoms with Gasteiger partial charge in [0, 0.05) is 10.2 Å². The second kappa shape index (κ2) is 6.07. The Morgan fingerprint density at radius 1 is 1.41 bits per heavy atom. The summed E-state index contributed by atoms with van der Waals surface area (Å²) >= 11 is 3.49. The van der Waals surface area contributed by atoms with Crippen molar-refractivity contribution in [1.82, 2.24) is 0 Å². The van der Waals surface area contributed by atoms with Crippen molar-refractivity contribution in [3.63, 3.8) is 0 Å². The number of nitrogens with zero attached hydrogens (tertiary/aromatic N) is 1. The van der Waals surface area contributed by atoms with Gasteiger partial charge >= 0.3 is 0 Å². The molecule has 17 heavy (non-hydrogen) atoms. The van der Waals surface area contributed by atoms with E-state index in [0.29, 0.717) is 5.92 Å². The van der Waals surface area contributed by atoms with Crippen molar-refractivity contribution in [1.29, 1.82) is 5.26 Å². The lowest BCUT2D eigenvalue weighted by molar-refractivity contribution is 0.479. The van der Waals surface area contributed by atoms with E-state index in [1.807, 2.05) is 31.2 Å². The van der Waals surface area contributed by atoms with Gasteiger partial charge in [-0.25, -0.2) is 0 Å². The Hall–Kier alpha value is -1.01. The summed E-state index contributed by atoms with van der Waals surface area (Å²) in [6.07, 6.45) is 1.89. The standard InChI is InChI=1S/C14H19BrN2/c1-11(2)8-9-14(3,10-16)17-13-7-5-4-6-12(13)15/h4-7,11,17H,8-9H2,1-3H3. The number of hydrogen-bond donors (Lipinski definition) is 1. The van der Waals surface area contributed by atoms with Crippen LogP contribution < -0.4 is 5.32 Å². The summed E-state index contributed by atoms with van der Waals surface area (Å²) in [5.74, 6) is 0.615. The van der Waals surface area contributed by atoms with Gasteiger partial charge in [0.2, 0.25) is 0 Å². The largest absolute Gasteiger partial charge is 0.367 e. The molecule has 0 bridgehead atoms. The van der Waals surface area contributed by atoms with E-state index < -0.39 is 5.54 Å². The smallest absolute Gasteiger partial charge is 0.122 e. The first-order valence-electron chi connectivity index (χ1n) is 5.91. The molecule has 0 aliphatic rings. The first kappa shape index (κ1) is 14.1. The molecule has 3 heteroatoms. The minimum Gasteiger partial charge on any atom is -0.367 e. The van der Waals surface area contributed by atoms with Gasteiger partial charge in [-0.2, -0.15) is 5.26 Å². The van der Waals surface area contributed by atoms with Crippen molar-refractivity contribution in [3.8, 4) is 6.07 Å². The monoisotopic (exact) mass is 294 g/mol. The minimum atomic E-state index is -0.506. The maximum atomic E-state index is 9.32. The van der Waals surface area contributed by atoms with E-state index in [-0.39, 0.29) is 0 Å². The van der Waals surface area contributed by atoms with Crippen LogP contribution in [0.25, 0.3) is 0 Å². The zero-order valence-corrected chi connectivity index (χ0v) is 12.2. The fraction of sp³-hybridized carbons (Fsp3) is 0.500. The molecule has 0 radical (unpaired) electrons. The molecule has 1 rings (SSSR count). The molecule has 0 aliphatic carbocycles. The fourth-order valence-electron chi connectivity index (χ4n) is 1.58. The average Bonchev–Trinajstić information content (AvgIpc) is 2.30. The van der Waals surface area contributed by atoms with Gasteiger partial charge in [0.15, 0.2) is 0 Å². The third-order valence-corrected chi connectivity index (χ3v) is 3.44. The molecule has 92 valence electrons. The molecule has 0 spiro atoms. The van der Waals surface area contributed by atoms with E-state index >= 15 is 0 Å². The molecule has 0 saturated carbocycles. The van der Waals surface area contributed by atoms with Gasteiger partial charge in [0.1, 0.15) is 5.54 Å². The van der Waals surface area contributed by atoms with E-state index in [9.17, 15) is 5.26 Å². The highest BCUT2D eigenvalue weighted by Gasteiger charge is 2.24. The molecule has 0 fully saturated rings. The third kappa shape index (κ3) is 4.40. The fourth-order valence-corrected chi connectivity index (χ4v) is 1.97. The van der Waals surface area contributed by atoms with Crippen molar-refractivity contribution in [3.05, 3.63) is 28.7 Å². The van der Waals surface area contributed by atoms with Crippen molar-refractivity contribution < 1.29 is 0 Å². The van der Waals surface area contributed by atoms with Crippen LogP contribution in [-0.2, 0) is 0 Å². The molecule has 1 N–H and O–H groups in total. The molecule has 0 aromatic heterocycles. The van der Waals surface area contributed by atoms with Crippen molar-refractivity contribution >= 4 is 21.6 Å². The predicted octanol–water partition coefficient (Wildman–Crippen LogP) is 4.58. The number of hydrogen-bond acceptors (Lipinski definition) is 2. The van der Waals surface area contributed by atoms with Crippen molar-refractivity contribution in [2.45, 2.75) is 39.2 Å². The molecule has 0 aliphatic heterocycles. The van der Waals surface area contributed by atoms with Gasteiger partial charge in [-0.1, -0.05) is 26.0 Å². The molecule has 0 heterocycles. The second-order valence-electron chi connectivity index (χ2n) is 4.98. The Bertz CT molecular complexity index is 409. The normalized spacial score (nSPS) is 14.1. The molecule has 1 aromatic carbocycles. The Labute approximate surface area is 112 Å². The van der Waals surface area contributed by atoms with Gasteiger partial charge in [-0.15, -0.1) is 0 Å². The number of nitrogens with one attached hydrogen (secondary N) is 1. The zero-order chi connectivity index (χ0) is 12.9. The van der Waals surface area contributed by atoms with Crippen LogP contribution in [0, 0.1) is 17.2 Å². The third-order valence-electron chi connectivity index (χ3n) is 2.75. The van der Waals surface area contributed by atoms with Crippen LogP contribution in [0.3, 0.4) is 0 Å². The Morgan fingerprint density at radius 2 is 2.06 bits per heavy atom. The predicted molar refractivity (Wildman–Crippen MR) is 75.9 cm³/mol. The van der Waals surface area contributed by atoms with Gasteiger partial charge in [0.05, 0.1) is 6.07 Å². The summed E-state index contributed by atoms with van der Waals surface area (Å²) in [4.78, 5) is 0. The average molecular weight is 295 g/mol. The zero-order valence-electron chi connectivity index (χ0n) is 10.6. The molecule has 1 unspecified atom stereocenters. The molecule has 1 aromatic rings. The van der Waals surface area contributed by atoms with Crippen LogP contribution in [0.5, 0.6) is 0 Å². The molecule has 0 saturated heterocycles. The first-order valence-corrected chi connectivity index (χ1v) is 6.70. The van der Waals surface area contributed by atoms with Crippen LogP contribution in [0.1, 0.15) is 33.6 Å². The Kier molecular flexibility index (Phi) is 5.02. The lowest BCUT2D eigenvalue weighted by Crippen LogP contribution is -2.33. The highest BCUT2D eigenvalue weighted by molar-refractivity contribution is 9.10. The molecule has 1 atom stereocenters. The first-order chi connectivity index (χ1) is 7.97. The molecular formula is C14H19BrN2. The van der Waals surface area contributed by atoms with Crippen LogP contribution in [0.4, 0.5) is 5.69 Å². The Balaban J connectivity index is 2.76. The van der Waals surface area contributed by atoms with Gasteiger partial charge in [-0.05, 0) is 53.7 Å². The van der Waals surface area contributed by atoms with Crippen LogP contribution in [-0.4, -0.2) is 5.54 Å². The van der Waals surface area contributed by atoms with Crippen LogP contribution in [0.15, 0.2) is 28.7 Å². The summed E-state index contributed by atoms with van der Waals surface area (Å²) in [7, 11) is 0. The summed E-state index contributed by atoms with van der Waals surface area (Å²) in [5, 5.41) is 12.6.